The van der Waals surface area contributed by atoms with Crippen LogP contribution in [0.2, 0.25) is 0 Å². The molecule has 0 bridgehead atoms. The van der Waals surface area contributed by atoms with Crippen LogP contribution in [0.25, 0.3) is 0 Å². The second kappa shape index (κ2) is 5.44. The van der Waals surface area contributed by atoms with E-state index in [9.17, 15) is 18.0 Å². The number of hydrogen-bond acceptors (Lipinski definition) is 2. The molecule has 20 heavy (non-hydrogen) atoms. The van der Waals surface area contributed by atoms with Gasteiger partial charge in [0.15, 0.2) is 0 Å². The molecule has 1 aromatic rings. The summed E-state index contributed by atoms with van der Waals surface area (Å²) in [6, 6.07) is 2.86. The molecule has 1 amide bonds. The molecule has 0 unspecified atom stereocenters. The van der Waals surface area contributed by atoms with Crippen molar-refractivity contribution >= 4 is 11.6 Å². The number of carbonyl (C=O) groups is 1. The van der Waals surface area contributed by atoms with Gasteiger partial charge in [0.25, 0.3) is 0 Å². The summed E-state index contributed by atoms with van der Waals surface area (Å²) in [5.41, 5.74) is 4.72. The summed E-state index contributed by atoms with van der Waals surface area (Å²) in [4.78, 5) is 11.9. The van der Waals surface area contributed by atoms with Gasteiger partial charge < -0.3 is 11.1 Å². The zero-order valence-corrected chi connectivity index (χ0v) is 11.9. The third-order valence-corrected chi connectivity index (χ3v) is 3.03. The van der Waals surface area contributed by atoms with Crippen LogP contribution in [0.1, 0.15) is 31.9 Å². The zero-order chi connectivity index (χ0) is 15.7. The minimum Gasteiger partial charge on any atom is -0.325 e. The molecule has 3 nitrogen and oxygen atoms in total. The highest BCUT2D eigenvalue weighted by Crippen LogP contribution is 2.33. The summed E-state index contributed by atoms with van der Waals surface area (Å²) in [6.07, 6.45) is -4.45. The molecule has 0 fully saturated rings. The molecule has 0 aliphatic carbocycles. The lowest BCUT2D eigenvalue weighted by atomic mass is 9.87. The molecule has 3 N–H and O–H groups in total. The Morgan fingerprint density at radius 3 is 2.25 bits per heavy atom. The molecule has 0 saturated carbocycles. The molecule has 0 aliphatic heterocycles. The summed E-state index contributed by atoms with van der Waals surface area (Å²) < 4.78 is 38.3. The molecule has 6 heteroatoms. The van der Waals surface area contributed by atoms with Gasteiger partial charge in [0, 0.05) is 5.69 Å². The first-order valence-electron chi connectivity index (χ1n) is 6.17. The Hall–Kier alpha value is -1.56. The number of rotatable bonds is 2. The molecule has 1 aromatic carbocycles. The first kappa shape index (κ1) is 16.5. The van der Waals surface area contributed by atoms with Gasteiger partial charge in [-0.2, -0.15) is 13.2 Å². The zero-order valence-electron chi connectivity index (χ0n) is 11.9. The van der Waals surface area contributed by atoms with E-state index in [-0.39, 0.29) is 11.3 Å². The van der Waals surface area contributed by atoms with E-state index < -0.39 is 29.1 Å². The van der Waals surface area contributed by atoms with Gasteiger partial charge >= 0.3 is 6.18 Å². The van der Waals surface area contributed by atoms with E-state index in [0.717, 1.165) is 6.07 Å². The second-order valence-corrected chi connectivity index (χ2v) is 5.86. The first-order valence-corrected chi connectivity index (χ1v) is 6.17. The molecule has 112 valence electrons. The molecule has 0 spiro atoms. The Labute approximate surface area is 116 Å². The van der Waals surface area contributed by atoms with Crippen molar-refractivity contribution in [3.05, 3.63) is 29.3 Å². The van der Waals surface area contributed by atoms with Crippen LogP contribution in [0.15, 0.2) is 18.2 Å². The van der Waals surface area contributed by atoms with Gasteiger partial charge in [0.05, 0.1) is 11.6 Å². The van der Waals surface area contributed by atoms with Gasteiger partial charge in [-0.3, -0.25) is 4.79 Å². The average Bonchev–Trinajstić information content (AvgIpc) is 2.27. The molecule has 1 atom stereocenters. The Kier molecular flexibility index (Phi) is 4.49. The maximum absolute atomic E-state index is 12.8. The Morgan fingerprint density at radius 2 is 1.80 bits per heavy atom. The van der Waals surface area contributed by atoms with E-state index in [0.29, 0.717) is 0 Å². The minimum atomic E-state index is -4.45. The number of amides is 1. The van der Waals surface area contributed by atoms with E-state index in [2.05, 4.69) is 5.32 Å². The highest BCUT2D eigenvalue weighted by Gasteiger charge is 2.33. The van der Waals surface area contributed by atoms with Crippen molar-refractivity contribution in [3.8, 4) is 0 Å². The highest BCUT2D eigenvalue weighted by atomic mass is 19.4. The number of benzene rings is 1. The minimum absolute atomic E-state index is 0.0904. The predicted octanol–water partition coefficient (Wildman–Crippen LogP) is 3.33. The molecule has 0 aliphatic rings. The monoisotopic (exact) mass is 288 g/mol. The standard InChI is InChI=1S/C14H19F3N2O/c1-8-5-6-9(7-10(8)14(15,16)17)19-12(20)11(18)13(2,3)4/h5-7,11H,18H2,1-4H3,(H,19,20)/t11-/m0/s1. The van der Waals surface area contributed by atoms with Crippen LogP contribution in [-0.2, 0) is 11.0 Å². The largest absolute Gasteiger partial charge is 0.416 e. The quantitative estimate of drug-likeness (QED) is 0.877. The van der Waals surface area contributed by atoms with E-state index in [1.807, 2.05) is 0 Å². The topological polar surface area (TPSA) is 55.1 Å². The lowest BCUT2D eigenvalue weighted by molar-refractivity contribution is -0.138. The number of hydrogen-bond donors (Lipinski definition) is 2. The van der Waals surface area contributed by atoms with Crippen molar-refractivity contribution in [2.24, 2.45) is 11.1 Å². The molecular weight excluding hydrogens is 269 g/mol. The van der Waals surface area contributed by atoms with Crippen LogP contribution in [0.5, 0.6) is 0 Å². The van der Waals surface area contributed by atoms with Crippen LogP contribution < -0.4 is 11.1 Å². The van der Waals surface area contributed by atoms with Crippen molar-refractivity contribution in [2.75, 3.05) is 5.32 Å². The average molecular weight is 288 g/mol. The third kappa shape index (κ3) is 3.96. The fourth-order valence-corrected chi connectivity index (χ4v) is 1.62. The second-order valence-electron chi connectivity index (χ2n) is 5.86. The smallest absolute Gasteiger partial charge is 0.325 e. The summed E-state index contributed by atoms with van der Waals surface area (Å²) in [5, 5.41) is 2.42. The number of anilines is 1. The van der Waals surface area contributed by atoms with Gasteiger partial charge in [-0.25, -0.2) is 0 Å². The maximum atomic E-state index is 12.8. The molecular formula is C14H19F3N2O. The fourth-order valence-electron chi connectivity index (χ4n) is 1.62. The van der Waals surface area contributed by atoms with Gasteiger partial charge in [-0.1, -0.05) is 26.8 Å². The molecule has 1 rings (SSSR count). The van der Waals surface area contributed by atoms with E-state index >= 15 is 0 Å². The summed E-state index contributed by atoms with van der Waals surface area (Å²) in [7, 11) is 0. The highest BCUT2D eigenvalue weighted by molar-refractivity contribution is 5.95. The molecule has 0 radical (unpaired) electrons. The summed E-state index contributed by atoms with van der Waals surface area (Å²) in [6.45, 7) is 6.73. The lowest BCUT2D eigenvalue weighted by Gasteiger charge is -2.26. The number of carbonyl (C=O) groups excluding carboxylic acids is 1. The van der Waals surface area contributed by atoms with Crippen molar-refractivity contribution < 1.29 is 18.0 Å². The Morgan fingerprint density at radius 1 is 1.25 bits per heavy atom. The Balaban J connectivity index is 2.98. The van der Waals surface area contributed by atoms with Crippen LogP contribution in [0, 0.1) is 12.3 Å². The number of aryl methyl sites for hydroxylation is 1. The van der Waals surface area contributed by atoms with Crippen molar-refractivity contribution in [1.29, 1.82) is 0 Å². The van der Waals surface area contributed by atoms with Crippen molar-refractivity contribution in [2.45, 2.75) is 39.9 Å². The maximum Gasteiger partial charge on any atom is 0.416 e. The van der Waals surface area contributed by atoms with Crippen molar-refractivity contribution in [1.82, 2.24) is 0 Å². The van der Waals surface area contributed by atoms with Crippen LogP contribution in [-0.4, -0.2) is 11.9 Å². The number of alkyl halides is 3. The van der Waals surface area contributed by atoms with Gasteiger partial charge in [0.1, 0.15) is 0 Å². The SMILES string of the molecule is Cc1ccc(NC(=O)[C@H](N)C(C)(C)C)cc1C(F)(F)F. The number of nitrogens with two attached hydrogens (primary N) is 1. The lowest BCUT2D eigenvalue weighted by Crippen LogP contribution is -2.45. The Bertz CT molecular complexity index is 504. The number of nitrogens with one attached hydrogen (secondary N) is 1. The molecule has 0 heterocycles. The van der Waals surface area contributed by atoms with Crippen LogP contribution in [0.4, 0.5) is 18.9 Å². The number of halogens is 3. The van der Waals surface area contributed by atoms with Crippen LogP contribution in [0.3, 0.4) is 0 Å². The summed E-state index contributed by atoms with van der Waals surface area (Å²) >= 11 is 0. The first-order chi connectivity index (χ1) is 8.93. The van der Waals surface area contributed by atoms with Gasteiger partial charge in [0.2, 0.25) is 5.91 Å². The third-order valence-electron chi connectivity index (χ3n) is 3.03. The van der Waals surface area contributed by atoms with E-state index in [1.165, 1.54) is 19.1 Å². The summed E-state index contributed by atoms with van der Waals surface area (Å²) in [5.74, 6) is -0.505. The normalized spacial score (nSPS) is 14.0. The van der Waals surface area contributed by atoms with E-state index in [4.69, 9.17) is 5.73 Å². The predicted molar refractivity (Wildman–Crippen MR) is 72.2 cm³/mol. The van der Waals surface area contributed by atoms with Gasteiger partial charge in [-0.05, 0) is 30.0 Å². The molecule has 0 aromatic heterocycles. The van der Waals surface area contributed by atoms with Crippen LogP contribution >= 0.6 is 0 Å². The van der Waals surface area contributed by atoms with E-state index in [1.54, 1.807) is 20.8 Å². The van der Waals surface area contributed by atoms with Crippen molar-refractivity contribution in [3.63, 3.8) is 0 Å². The fraction of sp³-hybridized carbons (Fsp3) is 0.500. The van der Waals surface area contributed by atoms with Gasteiger partial charge in [-0.15, -0.1) is 0 Å². The molecule has 0 saturated heterocycles.